The predicted octanol–water partition coefficient (Wildman–Crippen LogP) is -1.29. The summed E-state index contributed by atoms with van der Waals surface area (Å²) in [5.74, 6) is 1.33. The molecule has 2 aliphatic rings. The number of morpholine rings is 1. The van der Waals surface area contributed by atoms with Gasteiger partial charge in [0.1, 0.15) is 6.10 Å². The Balaban J connectivity index is 1.27. The molecule has 11 nitrogen and oxygen atoms in total. The maximum Gasteiger partial charge on any atom is 0.236 e. The van der Waals surface area contributed by atoms with Crippen molar-refractivity contribution >= 4 is 11.9 Å². The van der Waals surface area contributed by atoms with Crippen molar-refractivity contribution < 1.29 is 9.53 Å². The van der Waals surface area contributed by atoms with Crippen LogP contribution in [0.25, 0.3) is 0 Å². The fraction of sp³-hybridized carbons (Fsp3) is 0.600. The molecule has 1 amide bonds. The average Bonchev–Trinajstić information content (AvgIpc) is 3.24. The van der Waals surface area contributed by atoms with E-state index in [9.17, 15) is 4.79 Å². The van der Waals surface area contributed by atoms with Gasteiger partial charge in [-0.05, 0) is 6.07 Å². The third-order valence-electron chi connectivity index (χ3n) is 4.64. The lowest BCUT2D eigenvalue weighted by Gasteiger charge is -2.36. The molecule has 0 aromatic carbocycles. The normalized spacial score (nSPS) is 21.8. The van der Waals surface area contributed by atoms with E-state index in [-0.39, 0.29) is 12.0 Å². The number of anilines is 1. The molecule has 2 saturated heterocycles. The molecule has 0 saturated carbocycles. The molecule has 0 radical (unpaired) electrons. The van der Waals surface area contributed by atoms with Crippen molar-refractivity contribution in [1.29, 1.82) is 0 Å². The van der Waals surface area contributed by atoms with Gasteiger partial charge in [-0.1, -0.05) is 5.21 Å². The molecule has 2 fully saturated rings. The van der Waals surface area contributed by atoms with Gasteiger partial charge >= 0.3 is 0 Å². The Bertz CT molecular complexity index is 703. The summed E-state index contributed by atoms with van der Waals surface area (Å²) in [6, 6.07) is 1.81. The van der Waals surface area contributed by atoms with Gasteiger partial charge < -0.3 is 14.5 Å². The number of piperazine rings is 1. The van der Waals surface area contributed by atoms with Gasteiger partial charge in [-0.3, -0.25) is 9.69 Å². The van der Waals surface area contributed by atoms with Gasteiger partial charge in [0.25, 0.3) is 0 Å². The fourth-order valence-electron chi connectivity index (χ4n) is 3.19. The number of tetrazole rings is 1. The molecule has 1 atom stereocenters. The Kier molecular flexibility index (Phi) is 4.97. The van der Waals surface area contributed by atoms with Crippen molar-refractivity contribution in [2.45, 2.75) is 6.10 Å². The lowest BCUT2D eigenvalue weighted by Crippen LogP contribution is -2.52. The third kappa shape index (κ3) is 3.78. The van der Waals surface area contributed by atoms with Crippen molar-refractivity contribution in [3.05, 3.63) is 24.3 Å². The first-order valence-electron chi connectivity index (χ1n) is 8.66. The summed E-state index contributed by atoms with van der Waals surface area (Å²) in [5.41, 5.74) is 0. The summed E-state index contributed by atoms with van der Waals surface area (Å²) in [6.45, 7) is 5.16. The van der Waals surface area contributed by atoms with Crippen LogP contribution >= 0.6 is 0 Å². The number of nitrogens with zero attached hydrogens (tertiary/aromatic N) is 8. The van der Waals surface area contributed by atoms with Crippen LogP contribution in [-0.2, 0) is 9.53 Å². The number of carbonyl (C=O) groups is 1. The monoisotopic (exact) mass is 359 g/mol. The van der Waals surface area contributed by atoms with E-state index >= 15 is 0 Å². The Morgan fingerprint density at radius 3 is 2.73 bits per heavy atom. The van der Waals surface area contributed by atoms with Crippen LogP contribution in [0.3, 0.4) is 0 Å². The van der Waals surface area contributed by atoms with Crippen molar-refractivity contribution in [3.63, 3.8) is 0 Å². The van der Waals surface area contributed by atoms with Crippen LogP contribution in [0.4, 0.5) is 5.95 Å². The number of hydrogen-bond donors (Lipinski definition) is 1. The second-order valence-corrected chi connectivity index (χ2v) is 6.28. The summed E-state index contributed by atoms with van der Waals surface area (Å²) >= 11 is 0. The zero-order valence-electron chi connectivity index (χ0n) is 14.4. The highest BCUT2D eigenvalue weighted by molar-refractivity contribution is 5.78. The quantitative estimate of drug-likeness (QED) is 0.712. The van der Waals surface area contributed by atoms with Gasteiger partial charge in [0, 0.05) is 45.1 Å². The summed E-state index contributed by atoms with van der Waals surface area (Å²) in [4.78, 5) is 27.3. The SMILES string of the molecule is O=C(CN1CCN(c2ncccn2)CC1)N1CCOC(c2nn[nH]n2)C1. The average molecular weight is 359 g/mol. The number of hydrogen-bond acceptors (Lipinski definition) is 9. The molecule has 138 valence electrons. The van der Waals surface area contributed by atoms with E-state index in [1.54, 1.807) is 12.4 Å². The summed E-state index contributed by atoms with van der Waals surface area (Å²) in [6.07, 6.45) is 3.17. The second-order valence-electron chi connectivity index (χ2n) is 6.28. The molecule has 2 aromatic heterocycles. The molecule has 26 heavy (non-hydrogen) atoms. The Morgan fingerprint density at radius 2 is 2.00 bits per heavy atom. The minimum atomic E-state index is -0.321. The standard InChI is InChI=1S/C15H21N9O2/c25-13(24-8-9-26-12(10-24)14-18-20-21-19-14)11-22-4-6-23(7-5-22)15-16-2-1-3-17-15/h1-3,12H,4-11H2,(H,18,19,20,21). The van der Waals surface area contributed by atoms with Crippen molar-refractivity contribution in [2.24, 2.45) is 0 Å². The molecule has 2 aromatic rings. The topological polar surface area (TPSA) is 116 Å². The largest absolute Gasteiger partial charge is 0.366 e. The summed E-state index contributed by atoms with van der Waals surface area (Å²) in [7, 11) is 0. The van der Waals surface area contributed by atoms with Crippen molar-refractivity contribution in [3.8, 4) is 0 Å². The highest BCUT2D eigenvalue weighted by atomic mass is 16.5. The van der Waals surface area contributed by atoms with E-state index in [2.05, 4.69) is 40.4 Å². The van der Waals surface area contributed by atoms with Crippen LogP contribution in [0.2, 0.25) is 0 Å². The Morgan fingerprint density at radius 1 is 1.19 bits per heavy atom. The molecule has 0 spiro atoms. The molecule has 2 aliphatic heterocycles. The van der Waals surface area contributed by atoms with Gasteiger partial charge in [-0.15, -0.1) is 10.2 Å². The van der Waals surface area contributed by atoms with Gasteiger partial charge in [0.2, 0.25) is 17.7 Å². The number of ether oxygens (including phenoxy) is 1. The first-order valence-corrected chi connectivity index (χ1v) is 8.66. The lowest BCUT2D eigenvalue weighted by molar-refractivity contribution is -0.140. The third-order valence-corrected chi connectivity index (χ3v) is 4.64. The van der Waals surface area contributed by atoms with Gasteiger partial charge in [0.15, 0.2) is 0 Å². The number of aromatic nitrogens is 6. The first-order chi connectivity index (χ1) is 12.8. The van der Waals surface area contributed by atoms with E-state index in [0.717, 1.165) is 32.1 Å². The van der Waals surface area contributed by atoms with Crippen LogP contribution in [0, 0.1) is 0 Å². The number of amides is 1. The molecule has 1 N–H and O–H groups in total. The van der Waals surface area contributed by atoms with Crippen LogP contribution in [0.15, 0.2) is 18.5 Å². The maximum absolute atomic E-state index is 12.7. The highest BCUT2D eigenvalue weighted by Crippen LogP contribution is 2.18. The molecule has 0 aliphatic carbocycles. The lowest BCUT2D eigenvalue weighted by atomic mass is 10.2. The number of aromatic amines is 1. The zero-order chi connectivity index (χ0) is 17.8. The summed E-state index contributed by atoms with van der Waals surface area (Å²) in [5, 5.41) is 13.9. The smallest absolute Gasteiger partial charge is 0.236 e. The second kappa shape index (κ2) is 7.70. The highest BCUT2D eigenvalue weighted by Gasteiger charge is 2.29. The molecular formula is C15H21N9O2. The van der Waals surface area contributed by atoms with Crippen LogP contribution in [0.5, 0.6) is 0 Å². The van der Waals surface area contributed by atoms with E-state index in [1.807, 2.05) is 11.0 Å². The Hall–Kier alpha value is -2.66. The van der Waals surface area contributed by atoms with Crippen LogP contribution in [-0.4, -0.2) is 98.7 Å². The van der Waals surface area contributed by atoms with Gasteiger partial charge in [-0.25, -0.2) is 9.97 Å². The number of nitrogens with one attached hydrogen (secondary N) is 1. The van der Waals surface area contributed by atoms with Gasteiger partial charge in [0.05, 0.1) is 19.7 Å². The van der Waals surface area contributed by atoms with E-state index in [0.29, 0.717) is 32.1 Å². The first kappa shape index (κ1) is 16.8. The molecule has 1 unspecified atom stereocenters. The molecular weight excluding hydrogens is 338 g/mol. The predicted molar refractivity (Wildman–Crippen MR) is 90.1 cm³/mol. The minimum absolute atomic E-state index is 0.103. The maximum atomic E-state index is 12.7. The van der Waals surface area contributed by atoms with E-state index in [1.165, 1.54) is 0 Å². The molecule has 0 bridgehead atoms. The van der Waals surface area contributed by atoms with Crippen molar-refractivity contribution in [1.82, 2.24) is 40.4 Å². The number of carbonyl (C=O) groups excluding carboxylic acids is 1. The summed E-state index contributed by atoms with van der Waals surface area (Å²) < 4.78 is 5.64. The molecule has 11 heteroatoms. The fourth-order valence-corrected chi connectivity index (χ4v) is 3.19. The van der Waals surface area contributed by atoms with Crippen molar-refractivity contribution in [2.75, 3.05) is 57.3 Å². The zero-order valence-corrected chi connectivity index (χ0v) is 14.4. The van der Waals surface area contributed by atoms with E-state index in [4.69, 9.17) is 4.74 Å². The van der Waals surface area contributed by atoms with E-state index < -0.39 is 0 Å². The van der Waals surface area contributed by atoms with Crippen LogP contribution in [0.1, 0.15) is 11.9 Å². The Labute approximate surface area is 150 Å². The minimum Gasteiger partial charge on any atom is -0.366 e. The van der Waals surface area contributed by atoms with Crippen LogP contribution < -0.4 is 4.90 Å². The molecule has 4 rings (SSSR count). The number of H-pyrrole nitrogens is 1. The molecule has 4 heterocycles. The number of rotatable bonds is 4. The van der Waals surface area contributed by atoms with Gasteiger partial charge in [-0.2, -0.15) is 5.21 Å².